The van der Waals surface area contributed by atoms with Gasteiger partial charge in [0.1, 0.15) is 18.4 Å². The number of pyridine rings is 1. The Morgan fingerprint density at radius 1 is 1.57 bits per heavy atom. The van der Waals surface area contributed by atoms with Gasteiger partial charge >= 0.3 is 6.03 Å². The highest BCUT2D eigenvalue weighted by molar-refractivity contribution is 6.04. The molecule has 1 fully saturated rings. The van der Waals surface area contributed by atoms with Crippen molar-refractivity contribution in [2.24, 2.45) is 0 Å². The van der Waals surface area contributed by atoms with Gasteiger partial charge in [0.2, 0.25) is 5.91 Å². The van der Waals surface area contributed by atoms with Crippen LogP contribution < -0.4 is 15.4 Å². The molecule has 1 aliphatic heterocycles. The molecule has 1 aliphatic rings. The molecular weight excluding hydrogens is 276 g/mol. The standard InChI is InChI=1S/C13H16N4O4/c1-9(21-10-3-2-4-14-6-10)5-15-11(18)8-17-12(19)7-16-13(17)20/h2-4,6,9H,5,7-8H2,1H3,(H,15,18)(H,16,20)/t9-/m1/s1. The van der Waals surface area contributed by atoms with Crippen LogP contribution in [0.5, 0.6) is 5.75 Å². The first-order valence-electron chi connectivity index (χ1n) is 6.48. The third kappa shape index (κ3) is 4.16. The maximum absolute atomic E-state index is 11.7. The van der Waals surface area contributed by atoms with Crippen LogP contribution in [0.1, 0.15) is 6.92 Å². The normalized spacial score (nSPS) is 15.6. The smallest absolute Gasteiger partial charge is 0.325 e. The lowest BCUT2D eigenvalue weighted by Gasteiger charge is -2.16. The molecule has 1 atom stereocenters. The number of ether oxygens (including phenoxy) is 1. The molecule has 0 radical (unpaired) electrons. The number of hydrogen-bond acceptors (Lipinski definition) is 5. The molecule has 1 aromatic heterocycles. The number of hydrogen-bond donors (Lipinski definition) is 2. The Balaban J connectivity index is 1.73. The highest BCUT2D eigenvalue weighted by Crippen LogP contribution is 2.08. The summed E-state index contributed by atoms with van der Waals surface area (Å²) < 4.78 is 5.54. The zero-order valence-corrected chi connectivity index (χ0v) is 11.5. The van der Waals surface area contributed by atoms with Gasteiger partial charge in [0.15, 0.2) is 0 Å². The predicted molar refractivity (Wildman–Crippen MR) is 72.4 cm³/mol. The van der Waals surface area contributed by atoms with E-state index in [9.17, 15) is 14.4 Å². The number of nitrogens with one attached hydrogen (secondary N) is 2. The van der Waals surface area contributed by atoms with Crippen molar-refractivity contribution in [2.45, 2.75) is 13.0 Å². The minimum absolute atomic E-state index is 0.0629. The fourth-order valence-corrected chi connectivity index (χ4v) is 1.76. The van der Waals surface area contributed by atoms with Crippen molar-refractivity contribution in [3.63, 3.8) is 0 Å². The number of aromatic nitrogens is 1. The highest BCUT2D eigenvalue weighted by atomic mass is 16.5. The Morgan fingerprint density at radius 3 is 3.00 bits per heavy atom. The largest absolute Gasteiger partial charge is 0.487 e. The number of carbonyl (C=O) groups excluding carboxylic acids is 3. The molecular formula is C13H16N4O4. The van der Waals surface area contributed by atoms with Crippen molar-refractivity contribution >= 4 is 17.8 Å². The molecule has 0 spiro atoms. The predicted octanol–water partition coefficient (Wildman–Crippen LogP) is -0.483. The van der Waals surface area contributed by atoms with Crippen LogP contribution in [0.25, 0.3) is 0 Å². The Kier molecular flexibility index (Phi) is 4.70. The molecule has 2 rings (SSSR count). The Bertz CT molecular complexity index is 518. The van der Waals surface area contributed by atoms with E-state index >= 15 is 0 Å². The summed E-state index contributed by atoms with van der Waals surface area (Å²) in [5, 5.41) is 4.96. The number of carbonyl (C=O) groups is 3. The van der Waals surface area contributed by atoms with Gasteiger partial charge in [-0.15, -0.1) is 0 Å². The number of rotatable bonds is 6. The number of imide groups is 1. The summed E-state index contributed by atoms with van der Waals surface area (Å²) in [5.74, 6) is -0.217. The Labute approximate surface area is 121 Å². The van der Waals surface area contributed by atoms with Crippen LogP contribution in [0.2, 0.25) is 0 Å². The molecule has 4 amide bonds. The van der Waals surface area contributed by atoms with Crippen LogP contribution >= 0.6 is 0 Å². The molecule has 0 saturated carbocycles. The zero-order chi connectivity index (χ0) is 15.2. The van der Waals surface area contributed by atoms with Crippen LogP contribution in [0, 0.1) is 0 Å². The van der Waals surface area contributed by atoms with Gasteiger partial charge in [-0.3, -0.25) is 19.5 Å². The fraction of sp³-hybridized carbons (Fsp3) is 0.385. The summed E-state index contributed by atoms with van der Waals surface area (Å²) in [6, 6.07) is 2.96. The van der Waals surface area contributed by atoms with E-state index in [1.54, 1.807) is 31.5 Å². The summed E-state index contributed by atoms with van der Waals surface area (Å²) in [4.78, 5) is 39.1. The Morgan fingerprint density at radius 2 is 2.38 bits per heavy atom. The minimum atomic E-state index is -0.546. The first kappa shape index (κ1) is 14.8. The van der Waals surface area contributed by atoms with E-state index in [0.717, 1.165) is 4.90 Å². The van der Waals surface area contributed by atoms with Crippen LogP contribution in [0.3, 0.4) is 0 Å². The zero-order valence-electron chi connectivity index (χ0n) is 11.5. The highest BCUT2D eigenvalue weighted by Gasteiger charge is 2.30. The van der Waals surface area contributed by atoms with Crippen molar-refractivity contribution in [1.82, 2.24) is 20.5 Å². The number of amides is 4. The van der Waals surface area contributed by atoms with E-state index < -0.39 is 17.8 Å². The maximum atomic E-state index is 11.7. The van der Waals surface area contributed by atoms with Crippen LogP contribution in [0.15, 0.2) is 24.5 Å². The molecule has 8 heteroatoms. The molecule has 21 heavy (non-hydrogen) atoms. The van der Waals surface area contributed by atoms with Crippen molar-refractivity contribution in [1.29, 1.82) is 0 Å². The molecule has 0 aliphatic carbocycles. The van der Waals surface area contributed by atoms with Gasteiger partial charge in [-0.05, 0) is 19.1 Å². The van der Waals surface area contributed by atoms with E-state index in [0.29, 0.717) is 5.75 Å². The topological polar surface area (TPSA) is 101 Å². The molecule has 1 saturated heterocycles. The SMILES string of the molecule is C[C@H](CNC(=O)CN1C(=O)CNC1=O)Oc1cccnc1. The molecule has 0 bridgehead atoms. The van der Waals surface area contributed by atoms with Crippen LogP contribution in [-0.2, 0) is 9.59 Å². The van der Waals surface area contributed by atoms with E-state index in [1.165, 1.54) is 0 Å². The van der Waals surface area contributed by atoms with E-state index in [2.05, 4.69) is 15.6 Å². The van der Waals surface area contributed by atoms with Crippen molar-refractivity contribution < 1.29 is 19.1 Å². The molecule has 2 N–H and O–H groups in total. The van der Waals surface area contributed by atoms with Crippen LogP contribution in [-0.4, -0.2) is 53.5 Å². The van der Waals surface area contributed by atoms with Gasteiger partial charge in [0.25, 0.3) is 5.91 Å². The lowest BCUT2D eigenvalue weighted by molar-refractivity contribution is -0.130. The van der Waals surface area contributed by atoms with Gasteiger partial charge in [-0.25, -0.2) is 4.79 Å². The second kappa shape index (κ2) is 6.69. The van der Waals surface area contributed by atoms with E-state index in [4.69, 9.17) is 4.74 Å². The molecule has 2 heterocycles. The minimum Gasteiger partial charge on any atom is -0.487 e. The van der Waals surface area contributed by atoms with Crippen molar-refractivity contribution in [3.05, 3.63) is 24.5 Å². The maximum Gasteiger partial charge on any atom is 0.325 e. The summed E-state index contributed by atoms with van der Waals surface area (Å²) >= 11 is 0. The summed E-state index contributed by atoms with van der Waals surface area (Å²) in [7, 11) is 0. The molecule has 112 valence electrons. The summed E-state index contributed by atoms with van der Waals surface area (Å²) in [6.07, 6.45) is 2.95. The molecule has 0 unspecified atom stereocenters. The second-order valence-electron chi connectivity index (χ2n) is 4.56. The third-order valence-corrected chi connectivity index (χ3v) is 2.80. The van der Waals surface area contributed by atoms with Crippen LogP contribution in [0.4, 0.5) is 4.79 Å². The van der Waals surface area contributed by atoms with E-state index in [1.807, 2.05) is 0 Å². The quantitative estimate of drug-likeness (QED) is 0.690. The van der Waals surface area contributed by atoms with Gasteiger partial charge in [-0.1, -0.05) is 0 Å². The first-order chi connectivity index (χ1) is 10.1. The molecule has 0 aromatic carbocycles. The van der Waals surface area contributed by atoms with Gasteiger partial charge < -0.3 is 15.4 Å². The Hall–Kier alpha value is -2.64. The van der Waals surface area contributed by atoms with Gasteiger partial charge in [-0.2, -0.15) is 0 Å². The summed E-state index contributed by atoms with van der Waals surface area (Å²) in [5.41, 5.74) is 0. The molecule has 1 aromatic rings. The number of urea groups is 1. The second-order valence-corrected chi connectivity index (χ2v) is 4.56. The van der Waals surface area contributed by atoms with E-state index in [-0.39, 0.29) is 25.7 Å². The first-order valence-corrected chi connectivity index (χ1v) is 6.48. The van der Waals surface area contributed by atoms with Gasteiger partial charge in [0, 0.05) is 6.20 Å². The van der Waals surface area contributed by atoms with Gasteiger partial charge in [0.05, 0.1) is 19.3 Å². The lowest BCUT2D eigenvalue weighted by atomic mass is 10.3. The molecule has 8 nitrogen and oxygen atoms in total. The number of nitrogens with zero attached hydrogens (tertiary/aromatic N) is 2. The van der Waals surface area contributed by atoms with Crippen molar-refractivity contribution in [2.75, 3.05) is 19.6 Å². The third-order valence-electron chi connectivity index (χ3n) is 2.80. The lowest BCUT2D eigenvalue weighted by Crippen LogP contribution is -2.43. The summed E-state index contributed by atoms with van der Waals surface area (Å²) in [6.45, 7) is 1.70. The van der Waals surface area contributed by atoms with Crippen molar-refractivity contribution in [3.8, 4) is 5.75 Å². The fourth-order valence-electron chi connectivity index (χ4n) is 1.76. The average molecular weight is 292 g/mol. The monoisotopic (exact) mass is 292 g/mol. The average Bonchev–Trinajstić information content (AvgIpc) is 2.78.